The van der Waals surface area contributed by atoms with Gasteiger partial charge in [0.05, 0.1) is 5.56 Å². The molecule has 3 N–H and O–H groups in total. The molecular formula is C13H11F2N3O. The van der Waals surface area contributed by atoms with Crippen molar-refractivity contribution in [1.82, 2.24) is 10.3 Å². The van der Waals surface area contributed by atoms with Crippen molar-refractivity contribution in [2.24, 2.45) is 0 Å². The average molecular weight is 263 g/mol. The molecule has 0 fully saturated rings. The van der Waals surface area contributed by atoms with E-state index in [1.807, 2.05) is 0 Å². The van der Waals surface area contributed by atoms with Gasteiger partial charge >= 0.3 is 0 Å². The summed E-state index contributed by atoms with van der Waals surface area (Å²) in [7, 11) is 0. The van der Waals surface area contributed by atoms with Crippen molar-refractivity contribution in [2.75, 3.05) is 5.73 Å². The van der Waals surface area contributed by atoms with Gasteiger partial charge in [0.25, 0.3) is 5.91 Å². The number of carbonyl (C=O) groups is 1. The number of rotatable bonds is 3. The Balaban J connectivity index is 2.07. The van der Waals surface area contributed by atoms with Gasteiger partial charge in [-0.25, -0.2) is 13.8 Å². The smallest absolute Gasteiger partial charge is 0.255 e. The van der Waals surface area contributed by atoms with Crippen molar-refractivity contribution in [1.29, 1.82) is 0 Å². The highest BCUT2D eigenvalue weighted by Crippen LogP contribution is 2.10. The van der Waals surface area contributed by atoms with Crippen molar-refractivity contribution in [2.45, 2.75) is 6.54 Å². The first kappa shape index (κ1) is 12.9. The molecule has 1 heterocycles. The minimum Gasteiger partial charge on any atom is -0.383 e. The first-order valence-corrected chi connectivity index (χ1v) is 5.50. The lowest BCUT2D eigenvalue weighted by molar-refractivity contribution is 0.0951. The van der Waals surface area contributed by atoms with Crippen molar-refractivity contribution in [3.8, 4) is 0 Å². The van der Waals surface area contributed by atoms with Gasteiger partial charge in [0, 0.05) is 24.4 Å². The molecule has 0 aliphatic heterocycles. The van der Waals surface area contributed by atoms with Crippen LogP contribution in [0, 0.1) is 11.6 Å². The Kier molecular flexibility index (Phi) is 3.70. The molecule has 0 bridgehead atoms. The largest absolute Gasteiger partial charge is 0.383 e. The molecule has 6 heteroatoms. The quantitative estimate of drug-likeness (QED) is 0.888. The summed E-state index contributed by atoms with van der Waals surface area (Å²) in [6.07, 6.45) is 1.46. The molecule has 1 amide bonds. The van der Waals surface area contributed by atoms with E-state index < -0.39 is 17.5 Å². The number of amides is 1. The highest BCUT2D eigenvalue weighted by atomic mass is 19.1. The number of nitrogens with zero attached hydrogens (tertiary/aromatic N) is 1. The van der Waals surface area contributed by atoms with Gasteiger partial charge in [0.1, 0.15) is 17.5 Å². The number of nitrogens with two attached hydrogens (primary N) is 1. The lowest BCUT2D eigenvalue weighted by Crippen LogP contribution is -2.24. The summed E-state index contributed by atoms with van der Waals surface area (Å²) in [6.45, 7) is -0.0563. The summed E-state index contributed by atoms with van der Waals surface area (Å²) in [4.78, 5) is 15.6. The molecular weight excluding hydrogens is 252 g/mol. The second-order valence-corrected chi connectivity index (χ2v) is 3.85. The molecule has 1 aromatic heterocycles. The standard InChI is InChI=1S/C13H11F2N3O/c14-9-4-3-8(11(15)6-9)7-18-13(19)10-2-1-5-17-12(10)16/h1-6H,7H2,(H2,16,17)(H,18,19). The summed E-state index contributed by atoms with van der Waals surface area (Å²) in [5.41, 5.74) is 5.95. The van der Waals surface area contributed by atoms with Gasteiger partial charge in [-0.05, 0) is 18.2 Å². The Hall–Kier alpha value is -2.50. The van der Waals surface area contributed by atoms with Gasteiger partial charge in [0.2, 0.25) is 0 Å². The van der Waals surface area contributed by atoms with E-state index in [1.54, 1.807) is 6.07 Å². The van der Waals surface area contributed by atoms with Crippen LogP contribution >= 0.6 is 0 Å². The van der Waals surface area contributed by atoms with Crippen LogP contribution in [0.3, 0.4) is 0 Å². The topological polar surface area (TPSA) is 68.0 Å². The minimum absolute atomic E-state index is 0.0563. The maximum atomic E-state index is 13.4. The SMILES string of the molecule is Nc1ncccc1C(=O)NCc1ccc(F)cc1F. The molecule has 4 nitrogen and oxygen atoms in total. The second-order valence-electron chi connectivity index (χ2n) is 3.85. The molecule has 19 heavy (non-hydrogen) atoms. The molecule has 2 rings (SSSR count). The Labute approximate surface area is 108 Å². The summed E-state index contributed by atoms with van der Waals surface area (Å²) in [6, 6.07) is 6.25. The van der Waals surface area contributed by atoms with Gasteiger partial charge in [-0.2, -0.15) is 0 Å². The van der Waals surface area contributed by atoms with Crippen LogP contribution in [0.4, 0.5) is 14.6 Å². The zero-order chi connectivity index (χ0) is 13.8. The molecule has 98 valence electrons. The van der Waals surface area contributed by atoms with Crippen molar-refractivity contribution < 1.29 is 13.6 Å². The van der Waals surface area contributed by atoms with Gasteiger partial charge in [-0.3, -0.25) is 4.79 Å². The van der Waals surface area contributed by atoms with Crippen LogP contribution in [0.2, 0.25) is 0 Å². The number of halogens is 2. The maximum Gasteiger partial charge on any atom is 0.255 e. The highest BCUT2D eigenvalue weighted by Gasteiger charge is 2.11. The Morgan fingerprint density at radius 2 is 2.11 bits per heavy atom. The third-order valence-electron chi connectivity index (χ3n) is 2.54. The molecule has 0 atom stereocenters. The van der Waals surface area contributed by atoms with Gasteiger partial charge < -0.3 is 11.1 Å². The lowest BCUT2D eigenvalue weighted by Gasteiger charge is -2.07. The third kappa shape index (κ3) is 3.04. The molecule has 2 aromatic rings. The minimum atomic E-state index is -0.709. The number of pyridine rings is 1. The van der Waals surface area contributed by atoms with Crippen LogP contribution in [0.1, 0.15) is 15.9 Å². The fraction of sp³-hybridized carbons (Fsp3) is 0.0769. The normalized spacial score (nSPS) is 10.2. The molecule has 0 aliphatic carbocycles. The van der Waals surface area contributed by atoms with Gasteiger partial charge in [-0.15, -0.1) is 0 Å². The molecule has 0 radical (unpaired) electrons. The second kappa shape index (κ2) is 5.43. The predicted molar refractivity (Wildman–Crippen MR) is 66.2 cm³/mol. The number of nitrogen functional groups attached to an aromatic ring is 1. The number of nitrogens with one attached hydrogen (secondary N) is 1. The average Bonchev–Trinajstić information content (AvgIpc) is 2.38. The molecule has 0 saturated heterocycles. The van der Waals surface area contributed by atoms with E-state index in [2.05, 4.69) is 10.3 Å². The van der Waals surface area contributed by atoms with Crippen LogP contribution < -0.4 is 11.1 Å². The maximum absolute atomic E-state index is 13.4. The monoisotopic (exact) mass is 263 g/mol. The van der Waals surface area contributed by atoms with E-state index in [0.717, 1.165) is 12.1 Å². The van der Waals surface area contributed by atoms with E-state index in [-0.39, 0.29) is 23.5 Å². The van der Waals surface area contributed by atoms with Gasteiger partial charge in [0.15, 0.2) is 0 Å². The van der Waals surface area contributed by atoms with Crippen molar-refractivity contribution >= 4 is 11.7 Å². The van der Waals surface area contributed by atoms with Crippen LogP contribution in [-0.4, -0.2) is 10.9 Å². The number of hydrogen-bond acceptors (Lipinski definition) is 3. The Bertz CT molecular complexity index is 617. The lowest BCUT2D eigenvalue weighted by atomic mass is 10.2. The fourth-order valence-corrected chi connectivity index (χ4v) is 1.55. The number of carbonyl (C=O) groups excluding carboxylic acids is 1. The van der Waals surface area contributed by atoms with Gasteiger partial charge in [-0.1, -0.05) is 6.07 Å². The Morgan fingerprint density at radius 3 is 2.79 bits per heavy atom. The first-order chi connectivity index (χ1) is 9.08. The molecule has 0 spiro atoms. The van der Waals surface area contributed by atoms with Crippen LogP contribution in [-0.2, 0) is 6.54 Å². The zero-order valence-corrected chi connectivity index (χ0v) is 9.86. The Morgan fingerprint density at radius 1 is 1.32 bits per heavy atom. The zero-order valence-electron chi connectivity index (χ0n) is 9.86. The van der Waals surface area contributed by atoms with Crippen molar-refractivity contribution in [3.63, 3.8) is 0 Å². The van der Waals surface area contributed by atoms with E-state index in [4.69, 9.17) is 5.73 Å². The van der Waals surface area contributed by atoms with Crippen LogP contribution in [0.5, 0.6) is 0 Å². The van der Waals surface area contributed by atoms with Crippen LogP contribution in [0.25, 0.3) is 0 Å². The summed E-state index contributed by atoms with van der Waals surface area (Å²) in [5, 5.41) is 2.49. The molecule has 0 saturated carbocycles. The van der Waals surface area contributed by atoms with E-state index in [0.29, 0.717) is 0 Å². The molecule has 1 aromatic carbocycles. The summed E-state index contributed by atoms with van der Waals surface area (Å²) in [5.74, 6) is -1.74. The summed E-state index contributed by atoms with van der Waals surface area (Å²) >= 11 is 0. The highest BCUT2D eigenvalue weighted by molar-refractivity contribution is 5.98. The van der Waals surface area contributed by atoms with E-state index in [1.165, 1.54) is 18.3 Å². The number of hydrogen-bond donors (Lipinski definition) is 2. The third-order valence-corrected chi connectivity index (χ3v) is 2.54. The molecule has 0 aliphatic rings. The molecule has 0 unspecified atom stereocenters. The number of benzene rings is 1. The van der Waals surface area contributed by atoms with Crippen molar-refractivity contribution in [3.05, 3.63) is 59.3 Å². The van der Waals surface area contributed by atoms with E-state index in [9.17, 15) is 13.6 Å². The van der Waals surface area contributed by atoms with Crippen LogP contribution in [0.15, 0.2) is 36.5 Å². The summed E-state index contributed by atoms with van der Waals surface area (Å²) < 4.78 is 26.1. The predicted octanol–water partition coefficient (Wildman–Crippen LogP) is 1.87. The fourth-order valence-electron chi connectivity index (χ4n) is 1.55. The van der Waals surface area contributed by atoms with E-state index >= 15 is 0 Å². The number of aromatic nitrogens is 1. The first-order valence-electron chi connectivity index (χ1n) is 5.50. The number of anilines is 1.